The highest BCUT2D eigenvalue weighted by atomic mass is 16.2. The summed E-state index contributed by atoms with van der Waals surface area (Å²) in [6, 6.07) is 15.9. The van der Waals surface area contributed by atoms with E-state index in [0.717, 1.165) is 0 Å². The standard InChI is InChI=1S/C20H20N4O2/c21-15-7-4-10-17(12-15)23-18(25)14-6-5-11-20(22,13-14)19(26)24-16-8-2-1-3-9-16/h1-12H,13,21-22H2,(H,23,25)(H,24,26). The SMILES string of the molecule is Nc1cccc(NC(=O)C2=CC=CC(N)(C(=O)Nc3ccccc3)C2)c1. The Kier molecular flexibility index (Phi) is 4.86. The van der Waals surface area contributed by atoms with Gasteiger partial charge in [-0.05, 0) is 30.3 Å². The third kappa shape index (κ3) is 3.99. The van der Waals surface area contributed by atoms with Crippen molar-refractivity contribution >= 4 is 28.9 Å². The molecule has 0 fully saturated rings. The number of nitrogen functional groups attached to an aromatic ring is 1. The quantitative estimate of drug-likeness (QED) is 0.636. The smallest absolute Gasteiger partial charge is 0.251 e. The van der Waals surface area contributed by atoms with E-state index in [1.165, 1.54) is 0 Å². The summed E-state index contributed by atoms with van der Waals surface area (Å²) in [7, 11) is 0. The summed E-state index contributed by atoms with van der Waals surface area (Å²) < 4.78 is 0. The molecule has 0 radical (unpaired) electrons. The average molecular weight is 348 g/mol. The molecule has 2 aromatic carbocycles. The maximum atomic E-state index is 12.6. The van der Waals surface area contributed by atoms with Crippen LogP contribution in [-0.4, -0.2) is 17.4 Å². The number of hydrogen-bond donors (Lipinski definition) is 4. The van der Waals surface area contributed by atoms with Gasteiger partial charge in [-0.2, -0.15) is 0 Å². The molecular weight excluding hydrogens is 328 g/mol. The van der Waals surface area contributed by atoms with Crippen LogP contribution in [0.5, 0.6) is 0 Å². The van der Waals surface area contributed by atoms with Gasteiger partial charge in [-0.3, -0.25) is 9.59 Å². The lowest BCUT2D eigenvalue weighted by Crippen LogP contribution is -2.51. The minimum absolute atomic E-state index is 0.0936. The van der Waals surface area contributed by atoms with Crippen molar-refractivity contribution < 1.29 is 9.59 Å². The van der Waals surface area contributed by atoms with Gasteiger partial charge < -0.3 is 22.1 Å². The first kappa shape index (κ1) is 17.4. The Balaban J connectivity index is 1.69. The number of carbonyl (C=O) groups excluding carboxylic acids is 2. The lowest BCUT2D eigenvalue weighted by molar-refractivity contribution is -0.119. The fourth-order valence-electron chi connectivity index (χ4n) is 2.68. The molecule has 26 heavy (non-hydrogen) atoms. The Bertz CT molecular complexity index is 890. The van der Waals surface area contributed by atoms with Crippen LogP contribution in [-0.2, 0) is 9.59 Å². The summed E-state index contributed by atoms with van der Waals surface area (Å²) in [5.41, 5.74) is 12.9. The third-order valence-electron chi connectivity index (χ3n) is 4.06. The topological polar surface area (TPSA) is 110 Å². The number of anilines is 3. The van der Waals surface area contributed by atoms with Crippen LogP contribution in [0.3, 0.4) is 0 Å². The second-order valence-electron chi connectivity index (χ2n) is 6.17. The molecular formula is C20H20N4O2. The van der Waals surface area contributed by atoms with Crippen LogP contribution in [0, 0.1) is 0 Å². The first-order valence-corrected chi connectivity index (χ1v) is 8.17. The maximum Gasteiger partial charge on any atom is 0.251 e. The number of benzene rings is 2. The molecule has 6 nitrogen and oxygen atoms in total. The van der Waals surface area contributed by atoms with Gasteiger partial charge in [0, 0.05) is 29.1 Å². The van der Waals surface area contributed by atoms with Crippen molar-refractivity contribution in [2.45, 2.75) is 12.0 Å². The van der Waals surface area contributed by atoms with Gasteiger partial charge in [-0.25, -0.2) is 0 Å². The van der Waals surface area contributed by atoms with Crippen LogP contribution >= 0.6 is 0 Å². The van der Waals surface area contributed by atoms with Crippen LogP contribution in [0.1, 0.15) is 6.42 Å². The van der Waals surface area contributed by atoms with Gasteiger partial charge in [-0.1, -0.05) is 42.5 Å². The second kappa shape index (κ2) is 7.25. The minimum atomic E-state index is -1.30. The maximum absolute atomic E-state index is 12.6. The molecule has 1 aliphatic rings. The highest BCUT2D eigenvalue weighted by Crippen LogP contribution is 2.24. The third-order valence-corrected chi connectivity index (χ3v) is 4.06. The van der Waals surface area contributed by atoms with E-state index in [-0.39, 0.29) is 18.2 Å². The highest BCUT2D eigenvalue weighted by Gasteiger charge is 2.35. The zero-order valence-corrected chi connectivity index (χ0v) is 14.1. The summed E-state index contributed by atoms with van der Waals surface area (Å²) in [6.45, 7) is 0. The molecule has 3 rings (SSSR count). The largest absolute Gasteiger partial charge is 0.399 e. The molecule has 2 aromatic rings. The predicted octanol–water partition coefficient (Wildman–Crippen LogP) is 2.43. The Morgan fingerprint density at radius 2 is 1.69 bits per heavy atom. The van der Waals surface area contributed by atoms with Gasteiger partial charge in [0.05, 0.1) is 0 Å². The molecule has 0 saturated carbocycles. The van der Waals surface area contributed by atoms with Gasteiger partial charge in [0.1, 0.15) is 5.54 Å². The van der Waals surface area contributed by atoms with Crippen LogP contribution in [0.25, 0.3) is 0 Å². The van der Waals surface area contributed by atoms with Crippen molar-refractivity contribution in [3.8, 4) is 0 Å². The molecule has 0 bridgehead atoms. The van der Waals surface area contributed by atoms with Gasteiger partial charge in [-0.15, -0.1) is 0 Å². The average Bonchev–Trinajstić information content (AvgIpc) is 2.62. The summed E-state index contributed by atoms with van der Waals surface area (Å²) >= 11 is 0. The van der Waals surface area contributed by atoms with Crippen molar-refractivity contribution in [3.63, 3.8) is 0 Å². The van der Waals surface area contributed by atoms with E-state index >= 15 is 0 Å². The number of rotatable bonds is 4. The van der Waals surface area contributed by atoms with Crippen molar-refractivity contribution in [3.05, 3.63) is 78.4 Å². The van der Waals surface area contributed by atoms with Crippen molar-refractivity contribution in [2.75, 3.05) is 16.4 Å². The van der Waals surface area contributed by atoms with E-state index in [4.69, 9.17) is 11.5 Å². The molecule has 6 heteroatoms. The molecule has 1 aliphatic carbocycles. The van der Waals surface area contributed by atoms with E-state index in [1.54, 1.807) is 54.6 Å². The van der Waals surface area contributed by atoms with Gasteiger partial charge >= 0.3 is 0 Å². The van der Waals surface area contributed by atoms with E-state index < -0.39 is 5.54 Å². The molecule has 1 atom stereocenters. The van der Waals surface area contributed by atoms with E-state index in [0.29, 0.717) is 22.6 Å². The fraction of sp³-hybridized carbons (Fsp3) is 0.100. The molecule has 0 aromatic heterocycles. The van der Waals surface area contributed by atoms with Crippen molar-refractivity contribution in [1.82, 2.24) is 0 Å². The number of nitrogens with two attached hydrogens (primary N) is 2. The minimum Gasteiger partial charge on any atom is -0.399 e. The monoisotopic (exact) mass is 348 g/mol. The van der Waals surface area contributed by atoms with Crippen LogP contribution in [0.2, 0.25) is 0 Å². The molecule has 2 amide bonds. The van der Waals surface area contributed by atoms with E-state index in [1.807, 2.05) is 18.2 Å². The van der Waals surface area contributed by atoms with Gasteiger partial charge in [0.15, 0.2) is 0 Å². The number of amides is 2. The summed E-state index contributed by atoms with van der Waals surface area (Å²) in [5, 5.41) is 5.55. The lowest BCUT2D eigenvalue weighted by atomic mass is 9.86. The molecule has 0 spiro atoms. The van der Waals surface area contributed by atoms with Crippen molar-refractivity contribution in [2.24, 2.45) is 5.73 Å². The number of hydrogen-bond acceptors (Lipinski definition) is 4. The zero-order valence-electron chi connectivity index (χ0n) is 14.1. The van der Waals surface area contributed by atoms with E-state index in [2.05, 4.69) is 10.6 Å². The van der Waals surface area contributed by atoms with E-state index in [9.17, 15) is 9.59 Å². The predicted molar refractivity (Wildman–Crippen MR) is 103 cm³/mol. The van der Waals surface area contributed by atoms with Crippen LogP contribution in [0.4, 0.5) is 17.1 Å². The molecule has 0 aliphatic heterocycles. The molecule has 132 valence electrons. The Labute approximate surface area is 151 Å². The second-order valence-corrected chi connectivity index (χ2v) is 6.17. The number of allylic oxidation sites excluding steroid dienone is 2. The molecule has 1 unspecified atom stereocenters. The van der Waals surface area contributed by atoms with Gasteiger partial charge in [0.25, 0.3) is 5.91 Å². The first-order valence-electron chi connectivity index (χ1n) is 8.17. The first-order chi connectivity index (χ1) is 12.5. The number of carbonyl (C=O) groups is 2. The molecule has 0 saturated heterocycles. The van der Waals surface area contributed by atoms with Crippen LogP contribution < -0.4 is 22.1 Å². The Morgan fingerprint density at radius 1 is 0.962 bits per heavy atom. The Hall–Kier alpha value is -3.38. The number of para-hydroxylation sites is 1. The lowest BCUT2D eigenvalue weighted by Gasteiger charge is -2.28. The molecule has 0 heterocycles. The molecule has 6 N–H and O–H groups in total. The number of nitrogens with one attached hydrogen (secondary N) is 2. The van der Waals surface area contributed by atoms with Crippen LogP contribution in [0.15, 0.2) is 78.4 Å². The summed E-state index contributed by atoms with van der Waals surface area (Å²) in [5.74, 6) is -0.690. The summed E-state index contributed by atoms with van der Waals surface area (Å²) in [4.78, 5) is 25.1. The van der Waals surface area contributed by atoms with Gasteiger partial charge in [0.2, 0.25) is 5.91 Å². The Morgan fingerprint density at radius 3 is 2.42 bits per heavy atom. The zero-order chi connectivity index (χ0) is 18.6. The normalized spacial score (nSPS) is 18.7. The fourth-order valence-corrected chi connectivity index (χ4v) is 2.68. The highest BCUT2D eigenvalue weighted by molar-refractivity contribution is 6.07. The van der Waals surface area contributed by atoms with Crippen molar-refractivity contribution in [1.29, 1.82) is 0 Å². The summed E-state index contributed by atoms with van der Waals surface area (Å²) in [6.07, 6.45) is 4.98.